The first-order valence-corrected chi connectivity index (χ1v) is 11.0. The van der Waals surface area contributed by atoms with E-state index in [1.165, 1.54) is 49.4 Å². The number of nitrogens with zero attached hydrogens (tertiary/aromatic N) is 1. The third-order valence-corrected chi connectivity index (χ3v) is 6.17. The lowest BCUT2D eigenvalue weighted by Crippen LogP contribution is -2.43. The molecule has 0 radical (unpaired) electrons. The summed E-state index contributed by atoms with van der Waals surface area (Å²) in [6, 6.07) is 10.3. The lowest BCUT2D eigenvalue weighted by molar-refractivity contribution is -0.120. The second-order valence-corrected chi connectivity index (χ2v) is 9.00. The molecule has 1 heterocycles. The van der Waals surface area contributed by atoms with Crippen molar-refractivity contribution in [1.82, 2.24) is 5.32 Å². The number of ether oxygens (including phenoxy) is 2. The predicted molar refractivity (Wildman–Crippen MR) is 112 cm³/mol. The number of rotatable bonds is 7. The highest BCUT2D eigenvalue weighted by Crippen LogP contribution is 2.34. The zero-order valence-electron chi connectivity index (χ0n) is 17.0. The summed E-state index contributed by atoms with van der Waals surface area (Å²) in [6.07, 6.45) is 0. The lowest BCUT2D eigenvalue weighted by atomic mass is 10.1. The van der Waals surface area contributed by atoms with E-state index in [1.807, 2.05) is 0 Å². The molecule has 160 valence electrons. The van der Waals surface area contributed by atoms with Crippen LogP contribution in [0.15, 0.2) is 47.4 Å². The van der Waals surface area contributed by atoms with Crippen LogP contribution in [0.3, 0.4) is 0 Å². The number of anilines is 1. The first-order chi connectivity index (χ1) is 14.2. The SMILES string of the molecule is CC(=O)c1ccc(N(CC(=O)NC(C)C)S(=O)(=O)c2ccc3c(c2)OCCO3)cc1. The molecule has 0 saturated heterocycles. The van der Waals surface area contributed by atoms with E-state index in [0.29, 0.717) is 30.3 Å². The van der Waals surface area contributed by atoms with Crippen molar-refractivity contribution in [2.45, 2.75) is 31.7 Å². The predicted octanol–water partition coefficient (Wildman–Crippen LogP) is 2.38. The van der Waals surface area contributed by atoms with Crippen LogP contribution < -0.4 is 19.1 Å². The fraction of sp³-hybridized carbons (Fsp3) is 0.333. The summed E-state index contributed by atoms with van der Waals surface area (Å²) in [5.41, 5.74) is 0.718. The number of amides is 1. The van der Waals surface area contributed by atoms with Crippen LogP contribution >= 0.6 is 0 Å². The monoisotopic (exact) mass is 432 g/mol. The molecule has 30 heavy (non-hydrogen) atoms. The molecule has 2 aromatic carbocycles. The Kier molecular flexibility index (Phi) is 6.31. The summed E-state index contributed by atoms with van der Waals surface area (Å²) < 4.78 is 38.8. The maximum absolute atomic E-state index is 13.4. The average molecular weight is 432 g/mol. The number of ketones is 1. The maximum atomic E-state index is 13.4. The number of benzene rings is 2. The summed E-state index contributed by atoms with van der Waals surface area (Å²) in [7, 11) is -4.10. The van der Waals surface area contributed by atoms with Crippen molar-refractivity contribution in [3.63, 3.8) is 0 Å². The van der Waals surface area contributed by atoms with Gasteiger partial charge in [-0.3, -0.25) is 13.9 Å². The van der Waals surface area contributed by atoms with Gasteiger partial charge in [0.1, 0.15) is 19.8 Å². The van der Waals surface area contributed by atoms with E-state index in [9.17, 15) is 18.0 Å². The normalized spacial score (nSPS) is 13.1. The van der Waals surface area contributed by atoms with Gasteiger partial charge in [-0.2, -0.15) is 0 Å². The standard InChI is InChI=1S/C21H24N2O6S/c1-14(2)22-21(25)13-23(17-6-4-16(5-7-17)15(3)24)30(26,27)18-8-9-19-20(12-18)29-11-10-28-19/h4-9,12,14H,10-11,13H2,1-3H3,(H,22,25). The summed E-state index contributed by atoms with van der Waals surface area (Å²) in [4.78, 5) is 23.9. The van der Waals surface area contributed by atoms with Crippen molar-refractivity contribution < 1.29 is 27.5 Å². The molecule has 0 bridgehead atoms. The van der Waals surface area contributed by atoms with E-state index >= 15 is 0 Å². The van der Waals surface area contributed by atoms with E-state index in [4.69, 9.17) is 9.47 Å². The van der Waals surface area contributed by atoms with Gasteiger partial charge in [-0.1, -0.05) is 0 Å². The van der Waals surface area contributed by atoms with Crippen molar-refractivity contribution in [2.24, 2.45) is 0 Å². The molecule has 0 saturated carbocycles. The Morgan fingerprint density at radius 3 is 2.27 bits per heavy atom. The third kappa shape index (κ3) is 4.73. The van der Waals surface area contributed by atoms with Gasteiger partial charge in [0.15, 0.2) is 17.3 Å². The Morgan fingerprint density at radius 1 is 1.03 bits per heavy atom. The Bertz CT molecular complexity index is 1050. The van der Waals surface area contributed by atoms with Gasteiger partial charge in [0.2, 0.25) is 5.91 Å². The first-order valence-electron chi connectivity index (χ1n) is 9.51. The van der Waals surface area contributed by atoms with Crippen molar-refractivity contribution in [1.29, 1.82) is 0 Å². The molecule has 1 aliphatic rings. The van der Waals surface area contributed by atoms with Crippen molar-refractivity contribution >= 4 is 27.4 Å². The highest BCUT2D eigenvalue weighted by Gasteiger charge is 2.29. The molecular formula is C21H24N2O6S. The Balaban J connectivity index is 2.01. The minimum atomic E-state index is -4.10. The highest BCUT2D eigenvalue weighted by atomic mass is 32.2. The van der Waals surface area contributed by atoms with E-state index in [0.717, 1.165) is 4.31 Å². The molecule has 2 aromatic rings. The van der Waals surface area contributed by atoms with Crippen molar-refractivity contribution in [3.05, 3.63) is 48.0 Å². The topological polar surface area (TPSA) is 102 Å². The largest absolute Gasteiger partial charge is 0.486 e. The minimum Gasteiger partial charge on any atom is -0.486 e. The molecule has 0 aliphatic carbocycles. The van der Waals surface area contributed by atoms with Crippen LogP contribution in [-0.4, -0.2) is 45.9 Å². The zero-order valence-corrected chi connectivity index (χ0v) is 17.9. The number of carbonyl (C=O) groups is 2. The van der Waals surface area contributed by atoms with E-state index in [2.05, 4.69) is 5.32 Å². The van der Waals surface area contributed by atoms with Crippen molar-refractivity contribution in [2.75, 3.05) is 24.1 Å². The van der Waals surface area contributed by atoms with Gasteiger partial charge in [-0.15, -0.1) is 0 Å². The van der Waals surface area contributed by atoms with Gasteiger partial charge in [-0.25, -0.2) is 8.42 Å². The fourth-order valence-corrected chi connectivity index (χ4v) is 4.42. The van der Waals surface area contributed by atoms with Crippen LogP contribution in [0.25, 0.3) is 0 Å². The maximum Gasteiger partial charge on any atom is 0.264 e. The number of nitrogens with one attached hydrogen (secondary N) is 1. The number of hydrogen-bond donors (Lipinski definition) is 1. The number of Topliss-reactive ketones (excluding diaryl/α,β-unsaturated/α-hetero) is 1. The smallest absolute Gasteiger partial charge is 0.264 e. The quantitative estimate of drug-likeness (QED) is 0.674. The van der Waals surface area contributed by atoms with Gasteiger partial charge >= 0.3 is 0 Å². The average Bonchev–Trinajstić information content (AvgIpc) is 2.71. The van der Waals surface area contributed by atoms with Crippen molar-refractivity contribution in [3.8, 4) is 11.5 Å². The Labute approximate surface area is 175 Å². The molecular weight excluding hydrogens is 408 g/mol. The summed E-state index contributed by atoms with van der Waals surface area (Å²) in [5.74, 6) is 0.220. The lowest BCUT2D eigenvalue weighted by Gasteiger charge is -2.26. The van der Waals surface area contributed by atoms with Gasteiger partial charge in [0, 0.05) is 17.7 Å². The van der Waals surface area contributed by atoms with Crippen LogP contribution in [0, 0.1) is 0 Å². The van der Waals surface area contributed by atoms with Crippen LogP contribution in [0.2, 0.25) is 0 Å². The highest BCUT2D eigenvalue weighted by molar-refractivity contribution is 7.92. The number of hydrogen-bond acceptors (Lipinski definition) is 6. The molecule has 0 aromatic heterocycles. The molecule has 1 aliphatic heterocycles. The molecule has 1 N–H and O–H groups in total. The van der Waals surface area contributed by atoms with Crippen LogP contribution in [-0.2, 0) is 14.8 Å². The summed E-state index contributed by atoms with van der Waals surface area (Å²) >= 11 is 0. The molecule has 0 atom stereocenters. The van der Waals surface area contributed by atoms with E-state index in [1.54, 1.807) is 13.8 Å². The van der Waals surface area contributed by atoms with Gasteiger partial charge < -0.3 is 14.8 Å². The van der Waals surface area contributed by atoms with Gasteiger partial charge in [-0.05, 0) is 57.2 Å². The van der Waals surface area contributed by atoms with E-state index < -0.39 is 22.5 Å². The zero-order chi connectivity index (χ0) is 21.9. The molecule has 0 fully saturated rings. The second-order valence-electron chi connectivity index (χ2n) is 7.14. The fourth-order valence-electron chi connectivity index (χ4n) is 2.99. The molecule has 9 heteroatoms. The molecule has 0 unspecified atom stereocenters. The van der Waals surface area contributed by atoms with Crippen LogP contribution in [0.5, 0.6) is 11.5 Å². The second kappa shape index (κ2) is 8.74. The summed E-state index contributed by atoms with van der Waals surface area (Å²) in [6.45, 7) is 5.31. The molecule has 8 nitrogen and oxygen atoms in total. The number of carbonyl (C=O) groups excluding carboxylic acids is 2. The van der Waals surface area contributed by atoms with Gasteiger partial charge in [0.25, 0.3) is 10.0 Å². The van der Waals surface area contributed by atoms with Crippen LogP contribution in [0.4, 0.5) is 5.69 Å². The first kappa shape index (κ1) is 21.6. The van der Waals surface area contributed by atoms with Gasteiger partial charge in [0.05, 0.1) is 10.6 Å². The number of sulfonamides is 1. The minimum absolute atomic E-state index is 0.0280. The molecule has 3 rings (SSSR count). The Morgan fingerprint density at radius 2 is 1.67 bits per heavy atom. The van der Waals surface area contributed by atoms with Crippen LogP contribution in [0.1, 0.15) is 31.1 Å². The molecule has 1 amide bonds. The van der Waals surface area contributed by atoms with E-state index in [-0.39, 0.29) is 22.4 Å². The summed E-state index contributed by atoms with van der Waals surface area (Å²) in [5, 5.41) is 2.70. The molecule has 0 spiro atoms. The number of fused-ring (bicyclic) bond motifs is 1. The Hall–Kier alpha value is -3.07. The third-order valence-electron chi connectivity index (χ3n) is 4.40.